The third kappa shape index (κ3) is 3.60. The van der Waals surface area contributed by atoms with E-state index >= 15 is 0 Å². The molecule has 0 aromatic carbocycles. The molecule has 1 aromatic rings. The Morgan fingerprint density at radius 3 is 2.82 bits per heavy atom. The van der Waals surface area contributed by atoms with Crippen molar-refractivity contribution in [3.63, 3.8) is 0 Å². The molecule has 1 aromatic heterocycles. The fourth-order valence-electron chi connectivity index (χ4n) is 2.42. The van der Waals surface area contributed by atoms with Crippen molar-refractivity contribution in [3.8, 4) is 0 Å². The molecule has 0 bridgehead atoms. The maximum absolute atomic E-state index is 11.7. The minimum absolute atomic E-state index is 0.0657. The Kier molecular flexibility index (Phi) is 3.84. The van der Waals surface area contributed by atoms with E-state index in [9.17, 15) is 9.90 Å². The molecule has 2 rings (SSSR count). The fourth-order valence-corrected chi connectivity index (χ4v) is 2.42. The molecule has 0 aliphatic heterocycles. The van der Waals surface area contributed by atoms with Crippen LogP contribution in [0.1, 0.15) is 44.2 Å². The third-order valence-corrected chi connectivity index (χ3v) is 3.41. The lowest BCUT2D eigenvalue weighted by Gasteiger charge is -2.31. The van der Waals surface area contributed by atoms with Gasteiger partial charge in [0.1, 0.15) is 0 Å². The molecule has 1 saturated carbocycles. The molecule has 3 N–H and O–H groups in total. The van der Waals surface area contributed by atoms with Crippen molar-refractivity contribution in [2.24, 2.45) is 0 Å². The second-order valence-electron chi connectivity index (χ2n) is 4.93. The van der Waals surface area contributed by atoms with Crippen molar-refractivity contribution in [2.45, 2.75) is 50.7 Å². The van der Waals surface area contributed by atoms with Crippen LogP contribution >= 0.6 is 0 Å². The summed E-state index contributed by atoms with van der Waals surface area (Å²) < 4.78 is 0. The first kappa shape index (κ1) is 12.2. The van der Waals surface area contributed by atoms with Crippen LogP contribution in [-0.2, 0) is 11.3 Å². The van der Waals surface area contributed by atoms with Gasteiger partial charge in [-0.25, -0.2) is 0 Å². The smallest absolute Gasteiger partial charge is 0.223 e. The first-order valence-corrected chi connectivity index (χ1v) is 6.29. The summed E-state index contributed by atoms with van der Waals surface area (Å²) in [5.41, 5.74) is 0.215. The molecule has 0 radical (unpaired) electrons. The highest BCUT2D eigenvalue weighted by Gasteiger charge is 2.31. The van der Waals surface area contributed by atoms with Crippen LogP contribution in [0.2, 0.25) is 0 Å². The van der Waals surface area contributed by atoms with E-state index in [0.717, 1.165) is 31.4 Å². The number of carbonyl (C=O) groups excluding carboxylic acids is 1. The number of amides is 1. The molecule has 17 heavy (non-hydrogen) atoms. The minimum Gasteiger partial charge on any atom is -0.389 e. The first-order chi connectivity index (χ1) is 8.18. The summed E-state index contributed by atoms with van der Waals surface area (Å²) in [4.78, 5) is 14.8. The quantitative estimate of drug-likeness (QED) is 0.745. The van der Waals surface area contributed by atoms with Crippen LogP contribution in [0.15, 0.2) is 18.3 Å². The number of aliphatic hydroxyl groups is 1. The average Bonchev–Trinajstić information content (AvgIpc) is 2.79. The number of aromatic nitrogens is 1. The van der Waals surface area contributed by atoms with Gasteiger partial charge in [-0.1, -0.05) is 19.3 Å². The zero-order chi connectivity index (χ0) is 12.1. The summed E-state index contributed by atoms with van der Waals surface area (Å²) in [5.74, 6) is -0.0657. The molecule has 1 heterocycles. The Labute approximate surface area is 101 Å². The molecule has 4 nitrogen and oxygen atoms in total. The molecule has 0 unspecified atom stereocenters. The van der Waals surface area contributed by atoms with Crippen molar-refractivity contribution in [3.05, 3.63) is 24.0 Å². The molecule has 94 valence electrons. The van der Waals surface area contributed by atoms with Gasteiger partial charge < -0.3 is 15.4 Å². The van der Waals surface area contributed by atoms with Crippen molar-refractivity contribution in [1.82, 2.24) is 10.3 Å². The Bertz CT molecular complexity index is 354. The summed E-state index contributed by atoms with van der Waals surface area (Å²) in [6.07, 6.45) is 6.79. The summed E-state index contributed by atoms with van der Waals surface area (Å²) in [6.45, 7) is 0.502. The molecule has 0 saturated heterocycles. The number of hydrogen-bond acceptors (Lipinski definition) is 2. The number of nitrogens with one attached hydrogen (secondary N) is 2. The summed E-state index contributed by atoms with van der Waals surface area (Å²) in [6, 6.07) is 3.83. The molecule has 1 amide bonds. The van der Waals surface area contributed by atoms with E-state index in [4.69, 9.17) is 0 Å². The number of aromatic amines is 1. The monoisotopic (exact) mass is 236 g/mol. The van der Waals surface area contributed by atoms with E-state index in [1.807, 2.05) is 18.3 Å². The summed E-state index contributed by atoms with van der Waals surface area (Å²) >= 11 is 0. The lowest BCUT2D eigenvalue weighted by molar-refractivity contribution is -0.127. The normalized spacial score (nSPS) is 18.9. The Balaban J connectivity index is 1.76. The predicted molar refractivity (Wildman–Crippen MR) is 65.3 cm³/mol. The van der Waals surface area contributed by atoms with Crippen LogP contribution < -0.4 is 5.32 Å². The molecule has 0 atom stereocenters. The van der Waals surface area contributed by atoms with Crippen LogP contribution in [0.25, 0.3) is 0 Å². The Morgan fingerprint density at radius 2 is 2.18 bits per heavy atom. The van der Waals surface area contributed by atoms with Crippen LogP contribution in [0.5, 0.6) is 0 Å². The van der Waals surface area contributed by atoms with E-state index < -0.39 is 5.60 Å². The van der Waals surface area contributed by atoms with Gasteiger partial charge in [0, 0.05) is 11.9 Å². The van der Waals surface area contributed by atoms with E-state index in [1.165, 1.54) is 6.42 Å². The second-order valence-corrected chi connectivity index (χ2v) is 4.93. The zero-order valence-electron chi connectivity index (χ0n) is 10.0. The Morgan fingerprint density at radius 1 is 1.41 bits per heavy atom. The maximum atomic E-state index is 11.7. The fraction of sp³-hybridized carbons (Fsp3) is 0.615. The minimum atomic E-state index is -0.766. The van der Waals surface area contributed by atoms with E-state index in [-0.39, 0.29) is 12.3 Å². The van der Waals surface area contributed by atoms with Gasteiger partial charge in [0.2, 0.25) is 5.91 Å². The highest BCUT2D eigenvalue weighted by Crippen LogP contribution is 2.30. The standard InChI is InChI=1S/C13H20N2O2/c16-12(15-10-11-5-4-8-14-11)9-13(17)6-2-1-3-7-13/h4-5,8,14,17H,1-3,6-7,9-10H2,(H,15,16). The number of rotatable bonds is 4. The Hall–Kier alpha value is -1.29. The van der Waals surface area contributed by atoms with E-state index in [2.05, 4.69) is 10.3 Å². The van der Waals surface area contributed by atoms with Crippen LogP contribution in [-0.4, -0.2) is 21.6 Å². The van der Waals surface area contributed by atoms with Gasteiger partial charge in [-0.2, -0.15) is 0 Å². The predicted octanol–water partition coefficient (Wildman–Crippen LogP) is 1.72. The van der Waals surface area contributed by atoms with Crippen LogP contribution in [0, 0.1) is 0 Å². The van der Waals surface area contributed by atoms with Gasteiger partial charge in [0.25, 0.3) is 0 Å². The van der Waals surface area contributed by atoms with Crippen molar-refractivity contribution in [1.29, 1.82) is 0 Å². The number of hydrogen-bond donors (Lipinski definition) is 3. The summed E-state index contributed by atoms with van der Waals surface area (Å²) in [7, 11) is 0. The third-order valence-electron chi connectivity index (χ3n) is 3.41. The van der Waals surface area contributed by atoms with Gasteiger partial charge in [-0.3, -0.25) is 4.79 Å². The van der Waals surface area contributed by atoms with Gasteiger partial charge in [-0.15, -0.1) is 0 Å². The lowest BCUT2D eigenvalue weighted by atomic mass is 9.82. The van der Waals surface area contributed by atoms with Crippen molar-refractivity contribution >= 4 is 5.91 Å². The lowest BCUT2D eigenvalue weighted by Crippen LogP contribution is -2.38. The van der Waals surface area contributed by atoms with Crippen molar-refractivity contribution in [2.75, 3.05) is 0 Å². The molecule has 1 aliphatic rings. The zero-order valence-corrected chi connectivity index (χ0v) is 10.0. The molecule has 4 heteroatoms. The average molecular weight is 236 g/mol. The first-order valence-electron chi connectivity index (χ1n) is 6.29. The van der Waals surface area contributed by atoms with Crippen LogP contribution in [0.4, 0.5) is 0 Å². The maximum Gasteiger partial charge on any atom is 0.223 e. The van der Waals surface area contributed by atoms with Gasteiger partial charge in [0.15, 0.2) is 0 Å². The largest absolute Gasteiger partial charge is 0.389 e. The SMILES string of the molecule is O=C(CC1(O)CCCCC1)NCc1ccc[nH]1. The van der Waals surface area contributed by atoms with Gasteiger partial charge in [0.05, 0.1) is 18.6 Å². The van der Waals surface area contributed by atoms with Gasteiger partial charge in [-0.05, 0) is 25.0 Å². The van der Waals surface area contributed by atoms with E-state index in [0.29, 0.717) is 6.54 Å². The van der Waals surface area contributed by atoms with E-state index in [1.54, 1.807) is 0 Å². The molecular formula is C13H20N2O2. The second kappa shape index (κ2) is 5.36. The van der Waals surface area contributed by atoms with Gasteiger partial charge >= 0.3 is 0 Å². The molecular weight excluding hydrogens is 216 g/mol. The number of H-pyrrole nitrogens is 1. The molecule has 1 fully saturated rings. The molecule has 0 spiro atoms. The number of carbonyl (C=O) groups is 1. The van der Waals surface area contributed by atoms with Crippen LogP contribution in [0.3, 0.4) is 0 Å². The van der Waals surface area contributed by atoms with Crippen molar-refractivity contribution < 1.29 is 9.90 Å². The highest BCUT2D eigenvalue weighted by atomic mass is 16.3. The highest BCUT2D eigenvalue weighted by molar-refractivity contribution is 5.76. The summed E-state index contributed by atoms with van der Waals surface area (Å²) in [5, 5.41) is 13.1. The molecule has 1 aliphatic carbocycles. The topological polar surface area (TPSA) is 65.1 Å².